The van der Waals surface area contributed by atoms with Gasteiger partial charge in [-0.3, -0.25) is 4.79 Å². The zero-order chi connectivity index (χ0) is 15.6. The number of nitrogens with one attached hydrogen (secondary N) is 1. The lowest BCUT2D eigenvalue weighted by molar-refractivity contribution is 0.0380. The zero-order valence-corrected chi connectivity index (χ0v) is 12.9. The normalized spacial score (nSPS) is 12.6. The molecule has 0 saturated heterocycles. The van der Waals surface area contributed by atoms with Gasteiger partial charge in [0.25, 0.3) is 5.91 Å². The SMILES string of the molecule is COCC(O)CN(C)C(=O)c1ccc2[nH]c(C)c(C)c2c1. The highest BCUT2D eigenvalue weighted by atomic mass is 16.5. The number of likely N-dealkylation sites (N-methyl/N-ethyl adjacent to an activating group) is 1. The van der Waals surface area contributed by atoms with E-state index in [0.29, 0.717) is 5.56 Å². The first kappa shape index (κ1) is 15.5. The minimum Gasteiger partial charge on any atom is -0.389 e. The van der Waals surface area contributed by atoms with Crippen molar-refractivity contribution in [3.05, 3.63) is 35.0 Å². The van der Waals surface area contributed by atoms with Crippen LogP contribution in [0, 0.1) is 13.8 Å². The molecule has 21 heavy (non-hydrogen) atoms. The Balaban J connectivity index is 2.20. The number of aryl methyl sites for hydroxylation is 2. The number of carbonyl (C=O) groups excluding carboxylic acids is 1. The van der Waals surface area contributed by atoms with Gasteiger partial charge in [0.15, 0.2) is 0 Å². The smallest absolute Gasteiger partial charge is 0.253 e. The number of rotatable bonds is 5. The van der Waals surface area contributed by atoms with Crippen LogP contribution in [-0.2, 0) is 4.74 Å². The van der Waals surface area contributed by atoms with Crippen molar-refractivity contribution in [2.75, 3.05) is 27.3 Å². The largest absolute Gasteiger partial charge is 0.389 e. The summed E-state index contributed by atoms with van der Waals surface area (Å²) < 4.78 is 4.87. The van der Waals surface area contributed by atoms with Crippen LogP contribution in [0.2, 0.25) is 0 Å². The zero-order valence-electron chi connectivity index (χ0n) is 12.9. The van der Waals surface area contributed by atoms with Gasteiger partial charge in [-0.15, -0.1) is 0 Å². The summed E-state index contributed by atoms with van der Waals surface area (Å²) >= 11 is 0. The van der Waals surface area contributed by atoms with Gasteiger partial charge in [0.2, 0.25) is 0 Å². The molecule has 0 aliphatic carbocycles. The van der Waals surface area contributed by atoms with Crippen LogP contribution < -0.4 is 0 Å². The van der Waals surface area contributed by atoms with Crippen LogP contribution >= 0.6 is 0 Å². The van der Waals surface area contributed by atoms with Crippen LogP contribution in [0.3, 0.4) is 0 Å². The minimum absolute atomic E-state index is 0.106. The number of hydrogen-bond acceptors (Lipinski definition) is 3. The van der Waals surface area contributed by atoms with E-state index in [0.717, 1.165) is 22.2 Å². The Labute approximate surface area is 124 Å². The number of benzene rings is 1. The van der Waals surface area contributed by atoms with E-state index in [9.17, 15) is 9.90 Å². The second-order valence-electron chi connectivity index (χ2n) is 5.43. The predicted octanol–water partition coefficient (Wildman–Crippen LogP) is 1.86. The Morgan fingerprint density at radius 3 is 2.81 bits per heavy atom. The first-order valence-electron chi connectivity index (χ1n) is 6.95. The summed E-state index contributed by atoms with van der Waals surface area (Å²) in [5.74, 6) is -0.106. The molecule has 1 aromatic heterocycles. The summed E-state index contributed by atoms with van der Waals surface area (Å²) in [6.45, 7) is 4.52. The van der Waals surface area contributed by atoms with Crippen LogP contribution in [-0.4, -0.2) is 54.3 Å². The summed E-state index contributed by atoms with van der Waals surface area (Å²) in [4.78, 5) is 17.2. The second-order valence-corrected chi connectivity index (χ2v) is 5.43. The minimum atomic E-state index is -0.677. The molecule has 114 valence electrons. The number of aromatic amines is 1. The molecule has 0 aliphatic rings. The van der Waals surface area contributed by atoms with E-state index in [1.54, 1.807) is 13.1 Å². The van der Waals surface area contributed by atoms with E-state index < -0.39 is 6.10 Å². The van der Waals surface area contributed by atoms with Crippen LogP contribution in [0.5, 0.6) is 0 Å². The number of aliphatic hydroxyl groups is 1. The summed E-state index contributed by atoms with van der Waals surface area (Å²) in [6, 6.07) is 5.62. The fraction of sp³-hybridized carbons (Fsp3) is 0.438. The molecule has 0 radical (unpaired) electrons. The average molecular weight is 290 g/mol. The van der Waals surface area contributed by atoms with E-state index >= 15 is 0 Å². The predicted molar refractivity (Wildman–Crippen MR) is 82.6 cm³/mol. The number of methoxy groups -OCH3 is 1. The third kappa shape index (κ3) is 3.25. The number of amides is 1. The highest BCUT2D eigenvalue weighted by Crippen LogP contribution is 2.22. The van der Waals surface area contributed by atoms with Crippen molar-refractivity contribution in [1.82, 2.24) is 9.88 Å². The van der Waals surface area contributed by atoms with Crippen molar-refractivity contribution >= 4 is 16.8 Å². The second kappa shape index (κ2) is 6.28. The average Bonchev–Trinajstić information content (AvgIpc) is 2.73. The van der Waals surface area contributed by atoms with Crippen LogP contribution in [0.4, 0.5) is 0 Å². The van der Waals surface area contributed by atoms with E-state index in [2.05, 4.69) is 4.98 Å². The summed E-state index contributed by atoms with van der Waals surface area (Å²) in [6.07, 6.45) is -0.677. The Bertz CT molecular complexity index is 648. The Morgan fingerprint density at radius 1 is 1.43 bits per heavy atom. The lowest BCUT2D eigenvalue weighted by Crippen LogP contribution is -2.36. The van der Waals surface area contributed by atoms with E-state index in [1.165, 1.54) is 12.0 Å². The number of hydrogen-bond donors (Lipinski definition) is 2. The fourth-order valence-electron chi connectivity index (χ4n) is 2.46. The highest BCUT2D eigenvalue weighted by Gasteiger charge is 2.16. The lowest BCUT2D eigenvalue weighted by Gasteiger charge is -2.20. The quantitative estimate of drug-likeness (QED) is 0.883. The monoisotopic (exact) mass is 290 g/mol. The van der Waals surface area contributed by atoms with Crippen molar-refractivity contribution < 1.29 is 14.6 Å². The molecule has 2 aromatic rings. The number of carbonyl (C=O) groups is 1. The third-order valence-electron chi connectivity index (χ3n) is 3.75. The Morgan fingerprint density at radius 2 is 2.14 bits per heavy atom. The van der Waals surface area contributed by atoms with Gasteiger partial charge in [-0.1, -0.05) is 0 Å². The molecule has 2 N–H and O–H groups in total. The van der Waals surface area contributed by atoms with Crippen LogP contribution in [0.25, 0.3) is 10.9 Å². The van der Waals surface area contributed by atoms with Gasteiger partial charge in [0.05, 0.1) is 12.7 Å². The molecular formula is C16H22N2O3. The summed E-state index contributed by atoms with van der Waals surface area (Å²) in [5.41, 5.74) is 3.92. The number of nitrogens with zero attached hydrogens (tertiary/aromatic N) is 1. The Hall–Kier alpha value is -1.85. The van der Waals surface area contributed by atoms with Crippen molar-refractivity contribution in [2.24, 2.45) is 0 Å². The maximum absolute atomic E-state index is 12.4. The number of H-pyrrole nitrogens is 1. The van der Waals surface area contributed by atoms with Gasteiger partial charge < -0.3 is 19.7 Å². The molecule has 2 rings (SSSR count). The standard InChI is InChI=1S/C16H22N2O3/c1-10-11(2)17-15-6-5-12(7-14(10)15)16(20)18(3)8-13(19)9-21-4/h5-7,13,17,19H,8-9H2,1-4H3. The molecule has 0 aliphatic heterocycles. The molecule has 5 heteroatoms. The third-order valence-corrected chi connectivity index (χ3v) is 3.75. The first-order chi connectivity index (χ1) is 9.93. The number of aromatic nitrogens is 1. The van der Waals surface area contributed by atoms with Gasteiger partial charge in [-0.05, 0) is 37.6 Å². The highest BCUT2D eigenvalue weighted by molar-refractivity contribution is 5.98. The van der Waals surface area contributed by atoms with Gasteiger partial charge in [0, 0.05) is 42.9 Å². The van der Waals surface area contributed by atoms with E-state index in [1.807, 2.05) is 26.0 Å². The first-order valence-corrected chi connectivity index (χ1v) is 6.95. The van der Waals surface area contributed by atoms with Crippen LogP contribution in [0.1, 0.15) is 21.6 Å². The van der Waals surface area contributed by atoms with E-state index in [4.69, 9.17) is 4.74 Å². The van der Waals surface area contributed by atoms with Gasteiger partial charge in [-0.25, -0.2) is 0 Å². The molecule has 1 atom stereocenters. The van der Waals surface area contributed by atoms with Crippen molar-refractivity contribution in [1.29, 1.82) is 0 Å². The molecule has 1 aromatic carbocycles. The topological polar surface area (TPSA) is 65.6 Å². The van der Waals surface area contributed by atoms with Crippen molar-refractivity contribution in [3.8, 4) is 0 Å². The molecule has 0 saturated carbocycles. The number of fused-ring (bicyclic) bond motifs is 1. The van der Waals surface area contributed by atoms with Gasteiger partial charge in [0.1, 0.15) is 0 Å². The van der Waals surface area contributed by atoms with Crippen molar-refractivity contribution in [3.63, 3.8) is 0 Å². The fourth-order valence-corrected chi connectivity index (χ4v) is 2.46. The van der Waals surface area contributed by atoms with Crippen LogP contribution in [0.15, 0.2) is 18.2 Å². The van der Waals surface area contributed by atoms with E-state index in [-0.39, 0.29) is 19.1 Å². The molecule has 0 fully saturated rings. The molecule has 1 unspecified atom stereocenters. The molecule has 5 nitrogen and oxygen atoms in total. The molecule has 0 bridgehead atoms. The summed E-state index contributed by atoms with van der Waals surface area (Å²) in [7, 11) is 3.20. The van der Waals surface area contributed by atoms with Gasteiger partial charge >= 0.3 is 0 Å². The molecule has 0 spiro atoms. The molecular weight excluding hydrogens is 268 g/mol. The number of aliphatic hydroxyl groups excluding tert-OH is 1. The lowest BCUT2D eigenvalue weighted by atomic mass is 10.1. The Kier molecular flexibility index (Phi) is 4.65. The molecule has 1 heterocycles. The van der Waals surface area contributed by atoms with Crippen molar-refractivity contribution in [2.45, 2.75) is 20.0 Å². The molecule has 1 amide bonds. The van der Waals surface area contributed by atoms with Gasteiger partial charge in [-0.2, -0.15) is 0 Å². The summed E-state index contributed by atoms with van der Waals surface area (Å²) in [5, 5.41) is 10.8. The maximum atomic E-state index is 12.4. The number of ether oxygens (including phenoxy) is 1. The maximum Gasteiger partial charge on any atom is 0.253 e.